The van der Waals surface area contributed by atoms with Crippen molar-refractivity contribution in [2.24, 2.45) is 0 Å². The number of hydrogen-bond donors (Lipinski definition) is 0. The normalized spacial score (nSPS) is 17.8. The predicted molar refractivity (Wildman–Crippen MR) is 185 cm³/mol. The van der Waals surface area contributed by atoms with Gasteiger partial charge in [-0.2, -0.15) is 0 Å². The molecule has 1 aliphatic carbocycles. The Bertz CT molecular complexity index is 1750. The average molecular weight is 568 g/mol. The highest BCUT2D eigenvalue weighted by atomic mass is 16.5. The summed E-state index contributed by atoms with van der Waals surface area (Å²) >= 11 is 0. The Kier molecular flexibility index (Phi) is 5.95. The quantitative estimate of drug-likeness (QED) is 0.184. The molecule has 2 heterocycles. The molecule has 3 heteroatoms. The minimum Gasteiger partial charge on any atom is -0.458 e. The number of hydrogen-bond acceptors (Lipinski definition) is 2. The Morgan fingerprint density at radius 1 is 0.628 bits per heavy atom. The Morgan fingerprint density at radius 3 is 1.84 bits per heavy atom. The molecule has 4 aromatic rings. The standard InChI is InChI=1S/C40H46BNO/c1-37(2,3)25-20-26(38(4,5)6)22-27(21-25)42-32-15-13-17-35-36(32)41(30-14-11-12-16-34(30)43-35)31-23-28-29(24-33(31)42)40(9,10)19-18-39(28,7)8/h11-17,20-24H,18-19H2,1-10H3. The summed E-state index contributed by atoms with van der Waals surface area (Å²) < 4.78 is 6.64. The lowest BCUT2D eigenvalue weighted by molar-refractivity contribution is 0.332. The summed E-state index contributed by atoms with van der Waals surface area (Å²) in [7, 11) is 0. The molecule has 2 aliphatic heterocycles. The third-order valence-electron chi connectivity index (χ3n) is 10.5. The Balaban J connectivity index is 1.60. The van der Waals surface area contributed by atoms with E-state index in [1.165, 1.54) is 68.5 Å². The molecule has 4 aromatic carbocycles. The summed E-state index contributed by atoms with van der Waals surface area (Å²) in [4.78, 5) is 2.56. The number of benzene rings is 4. The molecular formula is C40H46BNO. The van der Waals surface area contributed by atoms with Gasteiger partial charge in [-0.05, 0) is 110 Å². The Hall–Kier alpha value is -3.46. The number of ether oxygens (including phenoxy) is 1. The van der Waals surface area contributed by atoms with Gasteiger partial charge >= 0.3 is 0 Å². The third kappa shape index (κ3) is 4.37. The van der Waals surface area contributed by atoms with Gasteiger partial charge in [-0.25, -0.2) is 0 Å². The van der Waals surface area contributed by atoms with E-state index in [9.17, 15) is 0 Å². The highest BCUT2D eigenvalue weighted by Crippen LogP contribution is 2.50. The van der Waals surface area contributed by atoms with Gasteiger partial charge in [-0.15, -0.1) is 0 Å². The molecule has 43 heavy (non-hydrogen) atoms. The summed E-state index contributed by atoms with van der Waals surface area (Å²) in [6, 6.07) is 27.7. The second-order valence-electron chi connectivity index (χ2n) is 16.6. The Labute approximate surface area is 259 Å². The zero-order valence-electron chi connectivity index (χ0n) is 27.8. The van der Waals surface area contributed by atoms with E-state index < -0.39 is 0 Å². The van der Waals surface area contributed by atoms with Crippen molar-refractivity contribution < 1.29 is 4.74 Å². The first-order chi connectivity index (χ1) is 20.1. The van der Waals surface area contributed by atoms with Gasteiger partial charge in [-0.3, -0.25) is 0 Å². The topological polar surface area (TPSA) is 12.5 Å². The van der Waals surface area contributed by atoms with E-state index in [-0.39, 0.29) is 28.4 Å². The molecule has 220 valence electrons. The molecule has 0 saturated carbocycles. The summed E-state index contributed by atoms with van der Waals surface area (Å²) in [5.74, 6) is 1.94. The van der Waals surface area contributed by atoms with Crippen LogP contribution in [0, 0.1) is 0 Å². The maximum atomic E-state index is 6.64. The molecule has 0 amide bonds. The molecule has 3 aliphatic rings. The lowest BCUT2D eigenvalue weighted by Gasteiger charge is -2.46. The monoisotopic (exact) mass is 567 g/mol. The molecule has 0 radical (unpaired) electrons. The second-order valence-corrected chi connectivity index (χ2v) is 16.6. The third-order valence-corrected chi connectivity index (χ3v) is 10.5. The lowest BCUT2D eigenvalue weighted by atomic mass is 9.33. The smallest absolute Gasteiger partial charge is 0.256 e. The second kappa shape index (κ2) is 9.04. The number of nitrogens with zero attached hydrogens (tertiary/aromatic N) is 1. The van der Waals surface area contributed by atoms with Crippen molar-refractivity contribution in [3.8, 4) is 11.5 Å². The van der Waals surface area contributed by atoms with Gasteiger partial charge in [0.25, 0.3) is 6.71 Å². The van der Waals surface area contributed by atoms with Crippen molar-refractivity contribution in [1.29, 1.82) is 0 Å². The summed E-state index contributed by atoms with van der Waals surface area (Å²) in [5.41, 5.74) is 13.7. The summed E-state index contributed by atoms with van der Waals surface area (Å²) in [6.07, 6.45) is 2.39. The van der Waals surface area contributed by atoms with Crippen LogP contribution in [0.4, 0.5) is 17.1 Å². The van der Waals surface area contributed by atoms with Crippen molar-refractivity contribution in [2.75, 3.05) is 4.90 Å². The van der Waals surface area contributed by atoms with E-state index in [1.807, 2.05) is 0 Å². The number of anilines is 3. The van der Waals surface area contributed by atoms with Crippen LogP contribution in [0.15, 0.2) is 72.8 Å². The maximum Gasteiger partial charge on any atom is 0.256 e. The van der Waals surface area contributed by atoms with Gasteiger partial charge in [0, 0.05) is 17.1 Å². The number of fused-ring (bicyclic) bond motifs is 5. The van der Waals surface area contributed by atoms with Gasteiger partial charge in [0.05, 0.1) is 0 Å². The molecule has 0 saturated heterocycles. The van der Waals surface area contributed by atoms with Crippen molar-refractivity contribution >= 4 is 40.2 Å². The van der Waals surface area contributed by atoms with E-state index in [4.69, 9.17) is 4.74 Å². The first-order valence-corrected chi connectivity index (χ1v) is 16.1. The fraction of sp³-hybridized carbons (Fsp3) is 0.400. The van der Waals surface area contributed by atoms with Gasteiger partial charge in [0.15, 0.2) is 0 Å². The molecule has 0 fully saturated rings. The number of rotatable bonds is 1. The summed E-state index contributed by atoms with van der Waals surface area (Å²) in [5, 5.41) is 0. The SMILES string of the molecule is CC(C)(C)c1cc(N2c3cc4c(cc3B3c5ccccc5Oc5cccc2c53)C(C)(C)CCC4(C)C)cc(C(C)(C)C)c1. The molecule has 0 unspecified atom stereocenters. The minimum atomic E-state index is 0.0250. The Morgan fingerprint density at radius 2 is 1.21 bits per heavy atom. The highest BCUT2D eigenvalue weighted by Gasteiger charge is 2.45. The van der Waals surface area contributed by atoms with Crippen LogP contribution in [0.1, 0.15) is 104 Å². The molecule has 7 rings (SSSR count). The molecule has 0 aromatic heterocycles. The van der Waals surface area contributed by atoms with Crippen LogP contribution in [0.3, 0.4) is 0 Å². The van der Waals surface area contributed by atoms with Gasteiger partial charge in [0.2, 0.25) is 0 Å². The molecular weight excluding hydrogens is 521 g/mol. The molecule has 2 nitrogen and oxygen atoms in total. The fourth-order valence-corrected chi connectivity index (χ4v) is 7.57. The van der Waals surface area contributed by atoms with Gasteiger partial charge in [-0.1, -0.05) is 106 Å². The van der Waals surface area contributed by atoms with Gasteiger partial charge in [0.1, 0.15) is 11.5 Å². The minimum absolute atomic E-state index is 0.0250. The molecule has 0 N–H and O–H groups in total. The first kappa shape index (κ1) is 28.3. The predicted octanol–water partition coefficient (Wildman–Crippen LogP) is 9.04. The average Bonchev–Trinajstić information content (AvgIpc) is 2.93. The molecule has 0 atom stereocenters. The van der Waals surface area contributed by atoms with E-state index in [2.05, 4.69) is 147 Å². The van der Waals surface area contributed by atoms with Crippen molar-refractivity contribution in [3.63, 3.8) is 0 Å². The van der Waals surface area contributed by atoms with E-state index in [0.717, 1.165) is 11.5 Å². The largest absolute Gasteiger partial charge is 0.458 e. The fourth-order valence-electron chi connectivity index (χ4n) is 7.57. The maximum absolute atomic E-state index is 6.64. The van der Waals surface area contributed by atoms with Crippen LogP contribution in [0.5, 0.6) is 11.5 Å². The zero-order valence-corrected chi connectivity index (χ0v) is 27.8. The van der Waals surface area contributed by atoms with Crippen LogP contribution in [0.2, 0.25) is 0 Å². The van der Waals surface area contributed by atoms with Crippen LogP contribution >= 0.6 is 0 Å². The first-order valence-electron chi connectivity index (χ1n) is 16.1. The number of para-hydroxylation sites is 1. The van der Waals surface area contributed by atoms with E-state index >= 15 is 0 Å². The van der Waals surface area contributed by atoms with Gasteiger partial charge < -0.3 is 9.64 Å². The highest BCUT2D eigenvalue weighted by molar-refractivity contribution is 6.99. The molecule has 0 bridgehead atoms. The van der Waals surface area contributed by atoms with Crippen molar-refractivity contribution in [2.45, 2.75) is 104 Å². The zero-order chi connectivity index (χ0) is 30.7. The van der Waals surface area contributed by atoms with Crippen LogP contribution < -0.4 is 26.0 Å². The van der Waals surface area contributed by atoms with Crippen LogP contribution in [0.25, 0.3) is 0 Å². The van der Waals surface area contributed by atoms with Crippen molar-refractivity contribution in [3.05, 3.63) is 95.1 Å². The summed E-state index contributed by atoms with van der Waals surface area (Å²) in [6.45, 7) is 23.9. The van der Waals surface area contributed by atoms with E-state index in [0.29, 0.717) is 0 Å². The van der Waals surface area contributed by atoms with Crippen LogP contribution in [-0.2, 0) is 21.7 Å². The van der Waals surface area contributed by atoms with Crippen molar-refractivity contribution in [1.82, 2.24) is 0 Å². The van der Waals surface area contributed by atoms with Crippen LogP contribution in [-0.4, -0.2) is 6.71 Å². The molecule has 0 spiro atoms. The lowest BCUT2D eigenvalue weighted by Crippen LogP contribution is -2.60. The van der Waals surface area contributed by atoms with E-state index in [1.54, 1.807) is 0 Å².